The molecule has 1 amide bonds. The van der Waals surface area contributed by atoms with Gasteiger partial charge in [0, 0.05) is 12.2 Å². The number of carbonyl (C=O) groups is 1. The van der Waals surface area contributed by atoms with E-state index >= 15 is 0 Å². The quantitative estimate of drug-likeness (QED) is 0.621. The van der Waals surface area contributed by atoms with E-state index in [9.17, 15) is 4.79 Å². The summed E-state index contributed by atoms with van der Waals surface area (Å²) in [5.41, 5.74) is 3.10. The zero-order valence-corrected chi connectivity index (χ0v) is 15.9. The number of aromatic nitrogens is 1. The SMILES string of the molecule is COc1ccc(NC(=O)c2ccc(NCCc3cccc(OC)c3)cn2)cc1. The highest BCUT2D eigenvalue weighted by Gasteiger charge is 2.08. The lowest BCUT2D eigenvalue weighted by Gasteiger charge is -2.09. The lowest BCUT2D eigenvalue weighted by molar-refractivity contribution is 0.102. The van der Waals surface area contributed by atoms with Crippen molar-refractivity contribution in [1.82, 2.24) is 4.98 Å². The van der Waals surface area contributed by atoms with Crippen LogP contribution in [0.15, 0.2) is 66.9 Å². The molecule has 1 heterocycles. The van der Waals surface area contributed by atoms with Gasteiger partial charge in [-0.15, -0.1) is 0 Å². The average Bonchev–Trinajstić information content (AvgIpc) is 2.75. The molecule has 0 fully saturated rings. The van der Waals surface area contributed by atoms with E-state index in [1.807, 2.05) is 24.3 Å². The first-order chi connectivity index (χ1) is 13.7. The third-order valence-corrected chi connectivity index (χ3v) is 4.22. The summed E-state index contributed by atoms with van der Waals surface area (Å²) < 4.78 is 10.3. The second-order valence-corrected chi connectivity index (χ2v) is 6.14. The van der Waals surface area contributed by atoms with Crippen LogP contribution in [0.25, 0.3) is 0 Å². The number of amides is 1. The topological polar surface area (TPSA) is 72.5 Å². The van der Waals surface area contributed by atoms with Gasteiger partial charge in [-0.25, -0.2) is 4.98 Å². The van der Waals surface area contributed by atoms with Gasteiger partial charge < -0.3 is 20.1 Å². The molecule has 0 aliphatic carbocycles. The number of benzene rings is 2. The van der Waals surface area contributed by atoms with Gasteiger partial charge in [-0.3, -0.25) is 4.79 Å². The number of nitrogens with one attached hydrogen (secondary N) is 2. The van der Waals surface area contributed by atoms with Gasteiger partial charge in [-0.2, -0.15) is 0 Å². The Kier molecular flexibility index (Phi) is 6.46. The van der Waals surface area contributed by atoms with Crippen LogP contribution >= 0.6 is 0 Å². The number of hydrogen-bond acceptors (Lipinski definition) is 5. The molecule has 0 spiro atoms. The van der Waals surface area contributed by atoms with E-state index < -0.39 is 0 Å². The van der Waals surface area contributed by atoms with Crippen LogP contribution in [-0.2, 0) is 6.42 Å². The molecular formula is C22H23N3O3. The Hall–Kier alpha value is -3.54. The second kappa shape index (κ2) is 9.41. The Bertz CT molecular complexity index is 909. The zero-order chi connectivity index (χ0) is 19.8. The fourth-order valence-corrected chi connectivity index (χ4v) is 2.68. The van der Waals surface area contributed by atoms with Crippen LogP contribution in [0, 0.1) is 0 Å². The van der Waals surface area contributed by atoms with Crippen molar-refractivity contribution >= 4 is 17.3 Å². The summed E-state index contributed by atoms with van der Waals surface area (Å²) >= 11 is 0. The summed E-state index contributed by atoms with van der Waals surface area (Å²) in [6.07, 6.45) is 2.52. The summed E-state index contributed by atoms with van der Waals surface area (Å²) in [6, 6.07) is 18.7. The monoisotopic (exact) mass is 377 g/mol. The molecule has 144 valence electrons. The number of hydrogen-bond donors (Lipinski definition) is 2. The van der Waals surface area contributed by atoms with Gasteiger partial charge >= 0.3 is 0 Å². The van der Waals surface area contributed by atoms with Crippen LogP contribution in [0.5, 0.6) is 11.5 Å². The number of pyridine rings is 1. The van der Waals surface area contributed by atoms with Crippen LogP contribution in [0.3, 0.4) is 0 Å². The van der Waals surface area contributed by atoms with Gasteiger partial charge in [-0.1, -0.05) is 12.1 Å². The predicted molar refractivity (Wildman–Crippen MR) is 110 cm³/mol. The minimum Gasteiger partial charge on any atom is -0.497 e. The molecule has 6 nitrogen and oxygen atoms in total. The van der Waals surface area contributed by atoms with Gasteiger partial charge in [0.2, 0.25) is 0 Å². The van der Waals surface area contributed by atoms with E-state index in [2.05, 4.69) is 21.7 Å². The Morgan fingerprint density at radius 1 is 0.929 bits per heavy atom. The largest absolute Gasteiger partial charge is 0.497 e. The van der Waals surface area contributed by atoms with Crippen molar-refractivity contribution in [3.8, 4) is 11.5 Å². The summed E-state index contributed by atoms with van der Waals surface area (Å²) in [5, 5.41) is 6.13. The number of ether oxygens (including phenoxy) is 2. The Morgan fingerprint density at radius 3 is 2.36 bits per heavy atom. The summed E-state index contributed by atoms with van der Waals surface area (Å²) in [5.74, 6) is 1.33. The van der Waals surface area contributed by atoms with Crippen molar-refractivity contribution in [2.45, 2.75) is 6.42 Å². The second-order valence-electron chi connectivity index (χ2n) is 6.14. The number of methoxy groups -OCH3 is 2. The maximum absolute atomic E-state index is 12.3. The Balaban J connectivity index is 1.51. The van der Waals surface area contributed by atoms with E-state index in [4.69, 9.17) is 9.47 Å². The van der Waals surface area contributed by atoms with Crippen LogP contribution in [0.2, 0.25) is 0 Å². The predicted octanol–water partition coefficient (Wildman–Crippen LogP) is 4.01. The van der Waals surface area contributed by atoms with Gasteiger partial charge in [0.05, 0.1) is 26.1 Å². The third kappa shape index (κ3) is 5.23. The molecule has 28 heavy (non-hydrogen) atoms. The number of rotatable bonds is 8. The van der Waals surface area contributed by atoms with Crippen molar-refractivity contribution in [3.05, 3.63) is 78.1 Å². The van der Waals surface area contributed by atoms with Crippen LogP contribution in [-0.4, -0.2) is 31.7 Å². The van der Waals surface area contributed by atoms with Gasteiger partial charge in [0.1, 0.15) is 17.2 Å². The van der Waals surface area contributed by atoms with Gasteiger partial charge in [-0.05, 0) is 60.5 Å². The molecule has 0 aliphatic rings. The zero-order valence-electron chi connectivity index (χ0n) is 15.9. The molecule has 2 aromatic carbocycles. The van der Waals surface area contributed by atoms with Crippen molar-refractivity contribution in [1.29, 1.82) is 0 Å². The standard InChI is InChI=1S/C22H23N3O3/c1-27-19-9-6-17(7-10-19)25-22(26)21-11-8-18(15-24-21)23-13-12-16-4-3-5-20(14-16)28-2/h3-11,14-15,23H,12-13H2,1-2H3,(H,25,26). The van der Waals surface area contributed by atoms with Gasteiger partial charge in [0.25, 0.3) is 5.91 Å². The highest BCUT2D eigenvalue weighted by molar-refractivity contribution is 6.02. The van der Waals surface area contributed by atoms with E-state index in [0.29, 0.717) is 11.4 Å². The molecular weight excluding hydrogens is 354 g/mol. The first-order valence-electron chi connectivity index (χ1n) is 8.96. The maximum atomic E-state index is 12.3. The molecule has 1 aromatic heterocycles. The number of carbonyl (C=O) groups excluding carboxylic acids is 1. The molecule has 0 unspecified atom stereocenters. The first-order valence-corrected chi connectivity index (χ1v) is 8.96. The lowest BCUT2D eigenvalue weighted by Crippen LogP contribution is -2.14. The smallest absolute Gasteiger partial charge is 0.274 e. The summed E-state index contributed by atoms with van der Waals surface area (Å²) in [7, 11) is 3.26. The number of nitrogens with zero attached hydrogens (tertiary/aromatic N) is 1. The van der Waals surface area contributed by atoms with Gasteiger partial charge in [0.15, 0.2) is 0 Å². The fraction of sp³-hybridized carbons (Fsp3) is 0.182. The highest BCUT2D eigenvalue weighted by atomic mass is 16.5. The van der Waals surface area contributed by atoms with Crippen molar-refractivity contribution < 1.29 is 14.3 Å². The molecule has 0 radical (unpaired) electrons. The molecule has 6 heteroatoms. The molecule has 0 saturated carbocycles. The molecule has 0 saturated heterocycles. The average molecular weight is 377 g/mol. The number of anilines is 2. The van der Waals surface area contributed by atoms with E-state index in [1.165, 1.54) is 5.56 Å². The summed E-state index contributed by atoms with van der Waals surface area (Å²) in [4.78, 5) is 16.5. The minimum atomic E-state index is -0.256. The molecule has 0 aliphatic heterocycles. The minimum absolute atomic E-state index is 0.256. The van der Waals surface area contributed by atoms with E-state index in [1.54, 1.807) is 50.7 Å². The normalized spacial score (nSPS) is 10.2. The summed E-state index contributed by atoms with van der Waals surface area (Å²) in [6.45, 7) is 0.756. The van der Waals surface area contributed by atoms with Crippen molar-refractivity contribution in [2.75, 3.05) is 31.4 Å². The maximum Gasteiger partial charge on any atom is 0.274 e. The van der Waals surface area contributed by atoms with E-state index in [-0.39, 0.29) is 5.91 Å². The highest BCUT2D eigenvalue weighted by Crippen LogP contribution is 2.16. The lowest BCUT2D eigenvalue weighted by atomic mass is 10.1. The molecule has 3 rings (SSSR count). The van der Waals surface area contributed by atoms with Crippen molar-refractivity contribution in [2.24, 2.45) is 0 Å². The van der Waals surface area contributed by atoms with Crippen LogP contribution < -0.4 is 20.1 Å². The molecule has 2 N–H and O–H groups in total. The molecule has 3 aromatic rings. The first kappa shape index (κ1) is 19.2. The Morgan fingerprint density at radius 2 is 1.68 bits per heavy atom. The Labute approximate surface area is 164 Å². The van der Waals surface area contributed by atoms with Crippen molar-refractivity contribution in [3.63, 3.8) is 0 Å². The fourth-order valence-electron chi connectivity index (χ4n) is 2.68. The third-order valence-electron chi connectivity index (χ3n) is 4.22. The molecule has 0 bridgehead atoms. The van der Waals surface area contributed by atoms with Crippen LogP contribution in [0.1, 0.15) is 16.1 Å². The van der Waals surface area contributed by atoms with Crippen LogP contribution in [0.4, 0.5) is 11.4 Å². The van der Waals surface area contributed by atoms with E-state index in [0.717, 1.165) is 30.2 Å². The molecule has 0 atom stereocenters.